The minimum atomic E-state index is 0.581. The first-order valence-electron chi connectivity index (χ1n) is 5.86. The van der Waals surface area contributed by atoms with Crippen molar-refractivity contribution >= 4 is 0 Å². The number of oxazole rings is 1. The first-order chi connectivity index (χ1) is 8.86. The molecule has 94 valence electrons. The van der Waals surface area contributed by atoms with Crippen molar-refractivity contribution in [3.63, 3.8) is 0 Å². The van der Waals surface area contributed by atoms with E-state index in [0.29, 0.717) is 25.6 Å². The van der Waals surface area contributed by atoms with Gasteiger partial charge in [0.15, 0.2) is 17.3 Å². The number of rotatable bonds is 3. The van der Waals surface area contributed by atoms with Gasteiger partial charge >= 0.3 is 0 Å². The largest absolute Gasteiger partial charge is 0.486 e. The molecule has 2 aromatic rings. The first-order valence-corrected chi connectivity index (χ1v) is 5.86. The van der Waals surface area contributed by atoms with Crippen LogP contribution in [0.15, 0.2) is 28.8 Å². The molecule has 1 aromatic heterocycles. The maximum atomic E-state index is 5.63. The maximum Gasteiger partial charge on any atom is 0.208 e. The smallest absolute Gasteiger partial charge is 0.208 e. The van der Waals surface area contributed by atoms with Crippen molar-refractivity contribution < 1.29 is 13.9 Å². The van der Waals surface area contributed by atoms with Gasteiger partial charge in [0.1, 0.15) is 13.2 Å². The highest BCUT2D eigenvalue weighted by Gasteiger charge is 2.14. The lowest BCUT2D eigenvalue weighted by atomic mass is 10.1. The number of nitrogens with one attached hydrogen (secondary N) is 1. The van der Waals surface area contributed by atoms with Crippen LogP contribution in [-0.4, -0.2) is 25.2 Å². The van der Waals surface area contributed by atoms with Crippen molar-refractivity contribution in [2.45, 2.75) is 6.54 Å². The number of nitrogens with zero attached hydrogens (tertiary/aromatic N) is 1. The zero-order chi connectivity index (χ0) is 12.4. The van der Waals surface area contributed by atoms with E-state index in [0.717, 1.165) is 22.8 Å². The average Bonchev–Trinajstić information content (AvgIpc) is 2.87. The lowest BCUT2D eigenvalue weighted by Gasteiger charge is -2.18. The Bertz CT molecular complexity index is 551. The molecule has 0 radical (unpaired) electrons. The van der Waals surface area contributed by atoms with Crippen LogP contribution >= 0.6 is 0 Å². The third-order valence-electron chi connectivity index (χ3n) is 2.71. The second-order valence-electron chi connectivity index (χ2n) is 4.01. The number of aromatic nitrogens is 1. The van der Waals surface area contributed by atoms with Crippen LogP contribution < -0.4 is 14.8 Å². The Morgan fingerprint density at radius 3 is 2.89 bits per heavy atom. The van der Waals surface area contributed by atoms with Crippen LogP contribution in [0.5, 0.6) is 11.5 Å². The van der Waals surface area contributed by atoms with Crippen LogP contribution in [0, 0.1) is 0 Å². The zero-order valence-electron chi connectivity index (χ0n) is 10.1. The van der Waals surface area contributed by atoms with Gasteiger partial charge in [-0.2, -0.15) is 0 Å². The van der Waals surface area contributed by atoms with Crippen molar-refractivity contribution in [1.29, 1.82) is 0 Å². The Balaban J connectivity index is 1.91. The van der Waals surface area contributed by atoms with E-state index in [4.69, 9.17) is 13.9 Å². The second-order valence-corrected chi connectivity index (χ2v) is 4.01. The molecule has 0 saturated carbocycles. The SMILES string of the molecule is CNCc1ncc(-c2ccc3c(c2)OCCO3)o1. The van der Waals surface area contributed by atoms with Crippen LogP contribution in [0.3, 0.4) is 0 Å². The third kappa shape index (κ3) is 2.04. The molecule has 1 aliphatic heterocycles. The van der Waals surface area contributed by atoms with Gasteiger partial charge < -0.3 is 19.2 Å². The Labute approximate surface area is 105 Å². The molecule has 1 aliphatic rings. The molecule has 0 unspecified atom stereocenters. The molecular formula is C13H14N2O3. The minimum absolute atomic E-state index is 0.581. The van der Waals surface area contributed by atoms with Crippen molar-refractivity contribution in [1.82, 2.24) is 10.3 Å². The van der Waals surface area contributed by atoms with Gasteiger partial charge in [0, 0.05) is 5.56 Å². The molecule has 5 heteroatoms. The van der Waals surface area contributed by atoms with Gasteiger partial charge in [-0.25, -0.2) is 4.98 Å². The van der Waals surface area contributed by atoms with Gasteiger partial charge in [-0.05, 0) is 25.2 Å². The quantitative estimate of drug-likeness (QED) is 0.895. The summed E-state index contributed by atoms with van der Waals surface area (Å²) in [5.41, 5.74) is 0.939. The summed E-state index contributed by atoms with van der Waals surface area (Å²) in [6.07, 6.45) is 1.72. The third-order valence-corrected chi connectivity index (χ3v) is 2.71. The van der Waals surface area contributed by atoms with E-state index in [1.807, 2.05) is 25.2 Å². The average molecular weight is 246 g/mol. The van der Waals surface area contributed by atoms with Crippen LogP contribution in [0.1, 0.15) is 5.89 Å². The Morgan fingerprint density at radius 1 is 1.22 bits per heavy atom. The lowest BCUT2D eigenvalue weighted by Crippen LogP contribution is -2.15. The van der Waals surface area contributed by atoms with E-state index in [1.165, 1.54) is 0 Å². The molecule has 0 spiro atoms. The molecular weight excluding hydrogens is 232 g/mol. The minimum Gasteiger partial charge on any atom is -0.486 e. The fourth-order valence-electron chi connectivity index (χ4n) is 1.87. The van der Waals surface area contributed by atoms with Gasteiger partial charge in [-0.3, -0.25) is 0 Å². The molecule has 1 aromatic carbocycles. The summed E-state index contributed by atoms with van der Waals surface area (Å²) in [7, 11) is 1.86. The van der Waals surface area contributed by atoms with Crippen LogP contribution in [0.4, 0.5) is 0 Å². The molecule has 2 heterocycles. The highest BCUT2D eigenvalue weighted by atomic mass is 16.6. The van der Waals surface area contributed by atoms with Crippen molar-refractivity contribution in [2.75, 3.05) is 20.3 Å². The molecule has 18 heavy (non-hydrogen) atoms. The molecule has 0 atom stereocenters. The van der Waals surface area contributed by atoms with E-state index in [-0.39, 0.29) is 0 Å². The molecule has 3 rings (SSSR count). The highest BCUT2D eigenvalue weighted by molar-refractivity contribution is 5.62. The predicted octanol–water partition coefficient (Wildman–Crippen LogP) is 1.83. The summed E-state index contributed by atoms with van der Waals surface area (Å²) in [6.45, 7) is 1.80. The normalized spacial score (nSPS) is 13.6. The van der Waals surface area contributed by atoms with Gasteiger partial charge in [0.25, 0.3) is 0 Å². The van der Waals surface area contributed by atoms with E-state index in [2.05, 4.69) is 10.3 Å². The number of hydrogen-bond donors (Lipinski definition) is 1. The fraction of sp³-hybridized carbons (Fsp3) is 0.308. The van der Waals surface area contributed by atoms with E-state index >= 15 is 0 Å². The topological polar surface area (TPSA) is 56.5 Å². The summed E-state index contributed by atoms with van der Waals surface area (Å²) in [5, 5.41) is 3.00. The fourth-order valence-corrected chi connectivity index (χ4v) is 1.87. The summed E-state index contributed by atoms with van der Waals surface area (Å²) in [6, 6.07) is 5.75. The number of ether oxygens (including phenoxy) is 2. The second kappa shape index (κ2) is 4.70. The maximum absolute atomic E-state index is 5.63. The molecule has 0 saturated heterocycles. The first kappa shape index (κ1) is 11.1. The van der Waals surface area contributed by atoms with Crippen molar-refractivity contribution in [3.05, 3.63) is 30.3 Å². The monoisotopic (exact) mass is 246 g/mol. The molecule has 0 fully saturated rings. The Hall–Kier alpha value is -2.01. The molecule has 0 amide bonds. The number of benzene rings is 1. The van der Waals surface area contributed by atoms with E-state index in [9.17, 15) is 0 Å². The Kier molecular flexibility index (Phi) is 2.90. The van der Waals surface area contributed by atoms with Gasteiger partial charge in [0.2, 0.25) is 5.89 Å². The molecule has 0 bridgehead atoms. The molecule has 0 aliphatic carbocycles. The van der Waals surface area contributed by atoms with E-state index in [1.54, 1.807) is 6.20 Å². The predicted molar refractivity (Wildman–Crippen MR) is 65.7 cm³/mol. The van der Waals surface area contributed by atoms with Crippen LogP contribution in [0.2, 0.25) is 0 Å². The van der Waals surface area contributed by atoms with Crippen molar-refractivity contribution in [2.24, 2.45) is 0 Å². The van der Waals surface area contributed by atoms with Gasteiger partial charge in [-0.15, -0.1) is 0 Å². The lowest BCUT2D eigenvalue weighted by molar-refractivity contribution is 0.171. The molecule has 1 N–H and O–H groups in total. The standard InChI is InChI=1S/C13H14N2O3/c1-14-8-13-15-7-12(18-13)9-2-3-10-11(6-9)17-5-4-16-10/h2-3,6-7,14H,4-5,8H2,1H3. The number of hydrogen-bond acceptors (Lipinski definition) is 5. The van der Waals surface area contributed by atoms with Gasteiger partial charge in [-0.1, -0.05) is 0 Å². The summed E-state index contributed by atoms with van der Waals surface area (Å²) in [5.74, 6) is 2.94. The summed E-state index contributed by atoms with van der Waals surface area (Å²) in [4.78, 5) is 4.19. The molecule has 5 nitrogen and oxygen atoms in total. The van der Waals surface area contributed by atoms with Gasteiger partial charge in [0.05, 0.1) is 12.7 Å². The zero-order valence-corrected chi connectivity index (χ0v) is 10.1. The van der Waals surface area contributed by atoms with Crippen LogP contribution in [0.25, 0.3) is 11.3 Å². The van der Waals surface area contributed by atoms with Crippen molar-refractivity contribution in [3.8, 4) is 22.8 Å². The summed E-state index contributed by atoms with van der Waals surface area (Å²) < 4.78 is 16.6. The van der Waals surface area contributed by atoms with E-state index < -0.39 is 0 Å². The summed E-state index contributed by atoms with van der Waals surface area (Å²) >= 11 is 0. The Morgan fingerprint density at radius 2 is 2.06 bits per heavy atom. The van der Waals surface area contributed by atoms with Crippen LogP contribution in [-0.2, 0) is 6.54 Å². The number of fused-ring (bicyclic) bond motifs is 1. The highest BCUT2D eigenvalue weighted by Crippen LogP contribution is 2.34.